The van der Waals surface area contributed by atoms with Crippen LogP contribution in [0.3, 0.4) is 0 Å². The molecule has 0 bridgehead atoms. The molecule has 1 saturated heterocycles. The largest absolute Gasteiger partial charge is 0.478 e. The number of carboxylic acids is 1. The molecule has 8 nitrogen and oxygen atoms in total. The molecule has 1 aliphatic heterocycles. The molecule has 1 amide bonds. The summed E-state index contributed by atoms with van der Waals surface area (Å²) in [6.07, 6.45) is -0.0535. The van der Waals surface area contributed by atoms with E-state index in [2.05, 4.69) is 24.9 Å². The van der Waals surface area contributed by atoms with Crippen molar-refractivity contribution in [1.29, 1.82) is 0 Å². The van der Waals surface area contributed by atoms with Crippen molar-refractivity contribution in [2.24, 2.45) is 5.92 Å². The zero-order valence-corrected chi connectivity index (χ0v) is 26.3. The van der Waals surface area contributed by atoms with Gasteiger partial charge in [-0.3, -0.25) is 0 Å². The highest BCUT2D eigenvalue weighted by molar-refractivity contribution is 7.99. The number of rotatable bonds is 12. The number of ether oxygens (including phenoxy) is 3. The SMILES string of the molecule is C=CCOC(=O)NCc1cccc(-c2cccc([C@H]3O[C@@H](CSc4ccc(C(=O)O)cc4)[C@@H](C)[C@@H](c4ccc(CO)cc4)O3)c2)c1. The Hall–Kier alpha value is -4.41. The summed E-state index contributed by atoms with van der Waals surface area (Å²) < 4.78 is 18.3. The molecule has 0 saturated carbocycles. The van der Waals surface area contributed by atoms with Crippen molar-refractivity contribution in [2.75, 3.05) is 12.4 Å². The highest BCUT2D eigenvalue weighted by Crippen LogP contribution is 2.43. The Labute approximate surface area is 273 Å². The number of benzene rings is 4. The van der Waals surface area contributed by atoms with Crippen molar-refractivity contribution < 1.29 is 34.0 Å². The van der Waals surface area contributed by atoms with Gasteiger partial charge in [0.15, 0.2) is 6.29 Å². The molecule has 3 N–H and O–H groups in total. The van der Waals surface area contributed by atoms with E-state index in [4.69, 9.17) is 14.2 Å². The van der Waals surface area contributed by atoms with Gasteiger partial charge >= 0.3 is 12.1 Å². The minimum absolute atomic E-state index is 0.00699. The van der Waals surface area contributed by atoms with E-state index in [1.165, 1.54) is 6.08 Å². The van der Waals surface area contributed by atoms with E-state index < -0.39 is 18.4 Å². The molecule has 238 valence electrons. The summed E-state index contributed by atoms with van der Waals surface area (Å²) in [5, 5.41) is 21.6. The molecule has 0 aromatic heterocycles. The van der Waals surface area contributed by atoms with E-state index in [1.54, 1.807) is 23.9 Å². The van der Waals surface area contributed by atoms with Crippen LogP contribution in [-0.4, -0.2) is 40.7 Å². The first-order chi connectivity index (χ1) is 22.3. The Morgan fingerprint density at radius 1 is 0.913 bits per heavy atom. The van der Waals surface area contributed by atoms with Crippen molar-refractivity contribution in [2.45, 2.75) is 43.5 Å². The van der Waals surface area contributed by atoms with Gasteiger partial charge in [0.05, 0.1) is 24.4 Å². The van der Waals surface area contributed by atoms with Crippen LogP contribution in [-0.2, 0) is 27.4 Å². The molecule has 4 aromatic carbocycles. The lowest BCUT2D eigenvalue weighted by molar-refractivity contribution is -0.268. The molecule has 1 aliphatic rings. The maximum absolute atomic E-state index is 11.9. The Kier molecular flexibility index (Phi) is 11.3. The van der Waals surface area contributed by atoms with Crippen LogP contribution in [0.25, 0.3) is 11.1 Å². The third kappa shape index (κ3) is 8.44. The number of amides is 1. The minimum atomic E-state index is -0.953. The zero-order valence-electron chi connectivity index (χ0n) is 25.5. The van der Waals surface area contributed by atoms with Crippen LogP contribution in [0.1, 0.15) is 51.9 Å². The molecule has 1 fully saturated rings. The fraction of sp³-hybridized carbons (Fsp3) is 0.243. The number of carbonyl (C=O) groups excluding carboxylic acids is 1. The van der Waals surface area contributed by atoms with E-state index in [1.807, 2.05) is 78.9 Å². The predicted molar refractivity (Wildman–Crippen MR) is 177 cm³/mol. The van der Waals surface area contributed by atoms with Crippen LogP contribution in [0, 0.1) is 5.92 Å². The van der Waals surface area contributed by atoms with Crippen LogP contribution >= 0.6 is 11.8 Å². The molecule has 0 unspecified atom stereocenters. The molecular weight excluding hydrogens is 602 g/mol. The van der Waals surface area contributed by atoms with Crippen molar-refractivity contribution in [3.8, 4) is 11.1 Å². The lowest BCUT2D eigenvalue weighted by Gasteiger charge is -2.41. The Balaban J connectivity index is 1.36. The predicted octanol–water partition coefficient (Wildman–Crippen LogP) is 7.54. The van der Waals surface area contributed by atoms with Crippen LogP contribution in [0.4, 0.5) is 4.79 Å². The summed E-state index contributed by atoms with van der Waals surface area (Å²) >= 11 is 1.61. The van der Waals surface area contributed by atoms with Gasteiger partial charge in [0.1, 0.15) is 6.61 Å². The standard InChI is InChI=1S/C37H37NO7S/c1-3-18-43-37(42)38-21-26-6-4-7-29(19-26)30-8-5-9-31(20-30)36-44-33(23-46-32-16-14-28(15-17-32)35(40)41)24(2)34(45-36)27-12-10-25(22-39)11-13-27/h3-17,19-20,24,33-34,36,39H,1,18,21-23H2,2H3,(H,38,42)(H,40,41)/t24-,33+,34+,36+/m1/s1. The second-order valence-corrected chi connectivity index (χ2v) is 12.1. The third-order valence-corrected chi connectivity index (χ3v) is 8.93. The molecule has 46 heavy (non-hydrogen) atoms. The monoisotopic (exact) mass is 639 g/mol. The Morgan fingerprint density at radius 2 is 1.63 bits per heavy atom. The van der Waals surface area contributed by atoms with Crippen molar-refractivity contribution >= 4 is 23.8 Å². The number of hydrogen-bond donors (Lipinski definition) is 3. The van der Waals surface area contributed by atoms with Crippen LogP contribution < -0.4 is 5.32 Å². The maximum atomic E-state index is 11.9. The van der Waals surface area contributed by atoms with Gasteiger partial charge < -0.3 is 29.7 Å². The first kappa shape index (κ1) is 33.0. The summed E-state index contributed by atoms with van der Waals surface area (Å²) in [7, 11) is 0. The average Bonchev–Trinajstić information content (AvgIpc) is 3.09. The molecule has 9 heteroatoms. The van der Waals surface area contributed by atoms with Crippen LogP contribution in [0.5, 0.6) is 0 Å². The normalized spacial score (nSPS) is 19.3. The second-order valence-electron chi connectivity index (χ2n) is 11.0. The van der Waals surface area contributed by atoms with Crippen molar-refractivity contribution in [3.05, 3.63) is 138 Å². The Morgan fingerprint density at radius 3 is 2.33 bits per heavy atom. The summed E-state index contributed by atoms with van der Waals surface area (Å²) in [6, 6.07) is 30.7. The van der Waals surface area contributed by atoms with Gasteiger partial charge in [0, 0.05) is 28.7 Å². The smallest absolute Gasteiger partial charge is 0.407 e. The number of thioether (sulfide) groups is 1. The second kappa shape index (κ2) is 15.7. The van der Waals surface area contributed by atoms with Gasteiger partial charge in [-0.05, 0) is 64.2 Å². The first-order valence-electron chi connectivity index (χ1n) is 15.0. The van der Waals surface area contributed by atoms with Crippen LogP contribution in [0.2, 0.25) is 0 Å². The average molecular weight is 640 g/mol. The first-order valence-corrected chi connectivity index (χ1v) is 16.0. The quantitative estimate of drug-likeness (QED) is 0.108. The fourth-order valence-corrected chi connectivity index (χ4v) is 6.33. The van der Waals surface area contributed by atoms with E-state index in [-0.39, 0.29) is 36.9 Å². The highest BCUT2D eigenvalue weighted by Gasteiger charge is 2.38. The summed E-state index contributed by atoms with van der Waals surface area (Å²) in [5.41, 5.74) is 5.85. The van der Waals surface area contributed by atoms with Gasteiger partial charge in [-0.1, -0.05) is 80.2 Å². The topological polar surface area (TPSA) is 114 Å². The number of carboxylic acid groups (broad SMARTS) is 1. The minimum Gasteiger partial charge on any atom is -0.478 e. The van der Waals surface area contributed by atoms with Crippen molar-refractivity contribution in [1.82, 2.24) is 5.32 Å². The van der Waals surface area contributed by atoms with Gasteiger partial charge in [-0.15, -0.1) is 11.8 Å². The lowest BCUT2D eigenvalue weighted by atomic mass is 9.91. The number of hydrogen-bond acceptors (Lipinski definition) is 7. The highest BCUT2D eigenvalue weighted by atomic mass is 32.2. The summed E-state index contributed by atoms with van der Waals surface area (Å²) in [5.74, 6) is -0.305. The fourth-order valence-electron chi connectivity index (χ4n) is 5.27. The van der Waals surface area contributed by atoms with Crippen molar-refractivity contribution in [3.63, 3.8) is 0 Å². The van der Waals surface area contributed by atoms with Crippen LogP contribution in [0.15, 0.2) is 115 Å². The molecule has 5 rings (SSSR count). The van der Waals surface area contributed by atoms with E-state index in [0.717, 1.165) is 38.3 Å². The number of carbonyl (C=O) groups is 2. The molecular formula is C37H37NO7S. The number of alkyl carbamates (subject to hydrolysis) is 1. The zero-order chi connectivity index (χ0) is 32.5. The van der Waals surface area contributed by atoms with E-state index in [9.17, 15) is 19.8 Å². The van der Waals surface area contributed by atoms with Gasteiger partial charge in [0.2, 0.25) is 0 Å². The van der Waals surface area contributed by atoms with Gasteiger partial charge in [-0.25, -0.2) is 9.59 Å². The lowest BCUT2D eigenvalue weighted by Crippen LogP contribution is -2.38. The molecule has 0 spiro atoms. The van der Waals surface area contributed by atoms with E-state index >= 15 is 0 Å². The number of aliphatic hydroxyl groups excluding tert-OH is 1. The molecule has 4 aromatic rings. The molecule has 4 atom stereocenters. The number of aromatic carboxylic acids is 1. The van der Waals surface area contributed by atoms with E-state index in [0.29, 0.717) is 12.3 Å². The summed E-state index contributed by atoms with van der Waals surface area (Å²) in [6.45, 7) is 6.11. The number of aliphatic hydroxyl groups is 1. The molecule has 1 heterocycles. The molecule has 0 aliphatic carbocycles. The third-order valence-electron chi connectivity index (χ3n) is 7.83. The van der Waals surface area contributed by atoms with Gasteiger partial charge in [0.25, 0.3) is 0 Å². The molecule has 0 radical (unpaired) electrons. The summed E-state index contributed by atoms with van der Waals surface area (Å²) in [4.78, 5) is 24.1. The van der Waals surface area contributed by atoms with Gasteiger partial charge in [-0.2, -0.15) is 0 Å². The number of nitrogens with one attached hydrogen (secondary N) is 1. The maximum Gasteiger partial charge on any atom is 0.407 e. The Bertz CT molecular complexity index is 1640.